The first-order valence-electron chi connectivity index (χ1n) is 9.98. The first-order chi connectivity index (χ1) is 15.1. The third kappa shape index (κ3) is 3.57. The first-order valence-corrected chi connectivity index (χ1v) is 9.98. The molecule has 0 spiro atoms. The molecule has 0 saturated heterocycles. The number of benzene rings is 3. The van der Waals surface area contributed by atoms with E-state index in [0.717, 1.165) is 29.0 Å². The zero-order valence-electron chi connectivity index (χ0n) is 16.7. The number of amides is 1. The molecule has 0 saturated carbocycles. The van der Waals surface area contributed by atoms with E-state index in [1.807, 2.05) is 72.8 Å². The lowest BCUT2D eigenvalue weighted by Crippen LogP contribution is -2.14. The van der Waals surface area contributed by atoms with Crippen molar-refractivity contribution in [2.24, 2.45) is 5.73 Å². The monoisotopic (exact) mass is 411 g/mol. The minimum atomic E-state index is -0.535. The first kappa shape index (κ1) is 18.7. The van der Waals surface area contributed by atoms with E-state index in [2.05, 4.69) is 5.32 Å². The molecule has 0 atom stereocenters. The smallest absolute Gasteiger partial charge is 0.254 e. The summed E-state index contributed by atoms with van der Waals surface area (Å²) >= 11 is 0. The van der Waals surface area contributed by atoms with Crippen molar-refractivity contribution in [1.82, 2.24) is 9.78 Å². The van der Waals surface area contributed by atoms with Gasteiger partial charge >= 0.3 is 0 Å². The van der Waals surface area contributed by atoms with Crippen LogP contribution < -0.4 is 21.5 Å². The molecule has 0 unspecified atom stereocenters. The number of hydrogen-bond acceptors (Lipinski definition) is 5. The van der Waals surface area contributed by atoms with Gasteiger partial charge < -0.3 is 21.5 Å². The summed E-state index contributed by atoms with van der Waals surface area (Å²) in [6.45, 7) is 0.605. The molecule has 5 rings (SSSR count). The van der Waals surface area contributed by atoms with Crippen molar-refractivity contribution < 1.29 is 9.53 Å². The van der Waals surface area contributed by atoms with E-state index in [1.165, 1.54) is 0 Å². The Balaban J connectivity index is 1.50. The number of anilines is 3. The third-order valence-electron chi connectivity index (χ3n) is 5.28. The second-order valence-electron chi connectivity index (χ2n) is 7.39. The van der Waals surface area contributed by atoms with Gasteiger partial charge in [-0.2, -0.15) is 5.10 Å². The summed E-state index contributed by atoms with van der Waals surface area (Å²) in [6, 6.07) is 22.7. The van der Waals surface area contributed by atoms with Gasteiger partial charge in [-0.25, -0.2) is 4.68 Å². The van der Waals surface area contributed by atoms with E-state index in [0.29, 0.717) is 35.1 Å². The number of fused-ring (bicyclic) bond motifs is 2. The number of nitrogens with zero attached hydrogens (tertiary/aromatic N) is 2. The lowest BCUT2D eigenvalue weighted by Gasteiger charge is -2.10. The molecule has 0 fully saturated rings. The van der Waals surface area contributed by atoms with Gasteiger partial charge in [-0.15, -0.1) is 0 Å². The quantitative estimate of drug-likeness (QED) is 0.433. The summed E-state index contributed by atoms with van der Waals surface area (Å²) in [5.74, 6) is 1.51. The normalized spacial score (nSPS) is 12.3. The van der Waals surface area contributed by atoms with Crippen LogP contribution in [-0.4, -0.2) is 15.7 Å². The predicted octanol–water partition coefficient (Wildman–Crippen LogP) is 4.32. The van der Waals surface area contributed by atoms with Gasteiger partial charge in [-0.05, 0) is 66.6 Å². The van der Waals surface area contributed by atoms with Gasteiger partial charge in [0.2, 0.25) is 0 Å². The Bertz CT molecular complexity index is 1260. The van der Waals surface area contributed by atoms with Crippen LogP contribution in [0.15, 0.2) is 72.8 Å². The fourth-order valence-electron chi connectivity index (χ4n) is 3.79. The second kappa shape index (κ2) is 7.53. The highest BCUT2D eigenvalue weighted by atomic mass is 16.5. The van der Waals surface area contributed by atoms with Crippen molar-refractivity contribution >= 4 is 23.1 Å². The Kier molecular flexibility index (Phi) is 4.55. The molecular formula is C24H21N5O2. The number of primary amides is 1. The molecule has 1 aliphatic rings. The maximum absolute atomic E-state index is 12.4. The standard InChI is InChI=1S/C24H21N5O2/c25-17-8-11-20-16(14-17)12-13-29-24(27-20)21(23(26)30)22(28-29)15-6-9-19(10-7-15)31-18-4-2-1-3-5-18/h1-11,14,27H,12-13,25H2,(H2,26,30). The fraction of sp³-hybridized carbons (Fsp3) is 0.0833. The average molecular weight is 411 g/mol. The van der Waals surface area contributed by atoms with E-state index in [-0.39, 0.29) is 0 Å². The van der Waals surface area contributed by atoms with Crippen molar-refractivity contribution in [2.45, 2.75) is 13.0 Å². The van der Waals surface area contributed by atoms with Crippen LogP contribution in [0.4, 0.5) is 17.2 Å². The van der Waals surface area contributed by atoms with Crippen molar-refractivity contribution in [1.29, 1.82) is 0 Å². The molecular weight excluding hydrogens is 390 g/mol. The number of carbonyl (C=O) groups is 1. The highest BCUT2D eigenvalue weighted by Crippen LogP contribution is 2.35. The van der Waals surface area contributed by atoms with Crippen LogP contribution in [-0.2, 0) is 13.0 Å². The number of carbonyl (C=O) groups excluding carboxylic acids is 1. The summed E-state index contributed by atoms with van der Waals surface area (Å²) in [5.41, 5.74) is 16.1. The molecule has 0 radical (unpaired) electrons. The minimum Gasteiger partial charge on any atom is -0.457 e. The third-order valence-corrected chi connectivity index (χ3v) is 5.28. The zero-order chi connectivity index (χ0) is 21.4. The second-order valence-corrected chi connectivity index (χ2v) is 7.39. The molecule has 31 heavy (non-hydrogen) atoms. The summed E-state index contributed by atoms with van der Waals surface area (Å²) in [4.78, 5) is 12.4. The topological polar surface area (TPSA) is 108 Å². The van der Waals surface area contributed by atoms with E-state index in [1.54, 1.807) is 4.68 Å². The largest absolute Gasteiger partial charge is 0.457 e. The van der Waals surface area contributed by atoms with Crippen LogP contribution >= 0.6 is 0 Å². The number of rotatable bonds is 4. The van der Waals surface area contributed by atoms with Gasteiger partial charge in [0.05, 0.1) is 0 Å². The molecule has 0 bridgehead atoms. The highest BCUT2D eigenvalue weighted by molar-refractivity contribution is 6.04. The van der Waals surface area contributed by atoms with Crippen LogP contribution in [0.1, 0.15) is 15.9 Å². The van der Waals surface area contributed by atoms with Crippen molar-refractivity contribution in [3.05, 3.63) is 83.9 Å². The lowest BCUT2D eigenvalue weighted by atomic mass is 10.1. The Labute approximate surface area is 179 Å². The fourth-order valence-corrected chi connectivity index (χ4v) is 3.79. The zero-order valence-corrected chi connectivity index (χ0v) is 16.7. The number of hydrogen-bond donors (Lipinski definition) is 3. The van der Waals surface area contributed by atoms with Crippen molar-refractivity contribution in [3.8, 4) is 22.8 Å². The molecule has 154 valence electrons. The Morgan fingerprint density at radius 1 is 1.00 bits per heavy atom. The van der Waals surface area contributed by atoms with E-state index in [4.69, 9.17) is 21.3 Å². The van der Waals surface area contributed by atoms with E-state index in [9.17, 15) is 4.79 Å². The molecule has 0 aliphatic carbocycles. The molecule has 1 aromatic heterocycles. The van der Waals surface area contributed by atoms with Crippen LogP contribution in [0.3, 0.4) is 0 Å². The summed E-state index contributed by atoms with van der Waals surface area (Å²) in [6.07, 6.45) is 0.740. The number of para-hydroxylation sites is 1. The molecule has 3 aromatic carbocycles. The van der Waals surface area contributed by atoms with Crippen LogP contribution in [0.25, 0.3) is 11.3 Å². The summed E-state index contributed by atoms with van der Waals surface area (Å²) in [7, 11) is 0. The predicted molar refractivity (Wildman–Crippen MR) is 121 cm³/mol. The van der Waals surface area contributed by atoms with Crippen molar-refractivity contribution in [2.75, 3.05) is 11.1 Å². The van der Waals surface area contributed by atoms with Gasteiger partial charge in [0.15, 0.2) is 0 Å². The van der Waals surface area contributed by atoms with Gasteiger partial charge in [0.25, 0.3) is 5.91 Å². The van der Waals surface area contributed by atoms with Crippen molar-refractivity contribution in [3.63, 3.8) is 0 Å². The van der Waals surface area contributed by atoms with Crippen LogP contribution in [0.5, 0.6) is 11.5 Å². The average Bonchev–Trinajstić information content (AvgIpc) is 3.04. The SMILES string of the molecule is NC(=O)c1c(-c2ccc(Oc3ccccc3)cc2)nn2c1Nc1ccc(N)cc1CC2. The minimum absolute atomic E-state index is 0.362. The molecule has 1 amide bonds. The van der Waals surface area contributed by atoms with Gasteiger partial charge in [0.1, 0.15) is 28.6 Å². The number of aromatic nitrogens is 2. The summed E-state index contributed by atoms with van der Waals surface area (Å²) in [5, 5.41) is 8.04. The van der Waals surface area contributed by atoms with Crippen LogP contribution in [0.2, 0.25) is 0 Å². The maximum atomic E-state index is 12.4. The number of nitrogen functional groups attached to an aromatic ring is 1. The molecule has 7 heteroatoms. The van der Waals surface area contributed by atoms with Gasteiger partial charge in [0, 0.05) is 23.5 Å². The molecule has 1 aliphatic heterocycles. The lowest BCUT2D eigenvalue weighted by molar-refractivity contribution is 0.100. The number of nitrogens with one attached hydrogen (secondary N) is 1. The number of aryl methyl sites for hydroxylation is 2. The van der Waals surface area contributed by atoms with E-state index < -0.39 is 5.91 Å². The Morgan fingerprint density at radius 3 is 2.48 bits per heavy atom. The molecule has 7 nitrogen and oxygen atoms in total. The maximum Gasteiger partial charge on any atom is 0.254 e. The number of ether oxygens (including phenoxy) is 1. The van der Waals surface area contributed by atoms with Gasteiger partial charge in [-0.3, -0.25) is 4.79 Å². The van der Waals surface area contributed by atoms with Gasteiger partial charge in [-0.1, -0.05) is 18.2 Å². The Hall–Kier alpha value is -4.26. The van der Waals surface area contributed by atoms with Crippen LogP contribution in [0, 0.1) is 0 Å². The Morgan fingerprint density at radius 2 is 1.74 bits per heavy atom. The summed E-state index contributed by atoms with van der Waals surface area (Å²) < 4.78 is 7.65. The highest BCUT2D eigenvalue weighted by Gasteiger charge is 2.26. The molecule has 5 N–H and O–H groups in total. The van der Waals surface area contributed by atoms with E-state index >= 15 is 0 Å². The number of nitrogens with two attached hydrogens (primary N) is 2. The molecule has 4 aromatic rings. The molecule has 2 heterocycles.